The minimum Gasteiger partial charge on any atom is -0.341 e. The second-order valence-corrected chi connectivity index (χ2v) is 4.28. The maximum absolute atomic E-state index is 13.2. The first kappa shape index (κ1) is 10.6. The van der Waals surface area contributed by atoms with Crippen LogP contribution in [-0.2, 0) is 5.75 Å². The van der Waals surface area contributed by atoms with Crippen molar-refractivity contribution in [3.8, 4) is 0 Å². The van der Waals surface area contributed by atoms with Gasteiger partial charge < -0.3 is 4.57 Å². The van der Waals surface area contributed by atoms with E-state index in [1.54, 1.807) is 6.07 Å². The highest BCUT2D eigenvalue weighted by atomic mass is 32.1. The summed E-state index contributed by atoms with van der Waals surface area (Å²) in [4.78, 5) is 0. The highest BCUT2D eigenvalue weighted by Gasteiger charge is 2.10. The van der Waals surface area contributed by atoms with Crippen LogP contribution in [-0.4, -0.2) is 4.57 Å². The molecule has 15 heavy (non-hydrogen) atoms. The van der Waals surface area contributed by atoms with Gasteiger partial charge in [0.1, 0.15) is 5.82 Å². The molecule has 1 heterocycles. The zero-order valence-electron chi connectivity index (χ0n) is 8.87. The van der Waals surface area contributed by atoms with Crippen LogP contribution in [0.4, 0.5) is 4.39 Å². The Morgan fingerprint density at radius 2 is 2.07 bits per heavy atom. The van der Waals surface area contributed by atoms with Crippen molar-refractivity contribution in [3.05, 3.63) is 35.8 Å². The lowest BCUT2D eigenvalue weighted by molar-refractivity contribution is 0.599. The summed E-state index contributed by atoms with van der Waals surface area (Å²) < 4.78 is 15.3. The summed E-state index contributed by atoms with van der Waals surface area (Å²) in [5.74, 6) is 0.488. The van der Waals surface area contributed by atoms with Crippen LogP contribution in [0.15, 0.2) is 24.3 Å². The highest BCUT2D eigenvalue weighted by molar-refractivity contribution is 7.79. The first-order valence-corrected chi connectivity index (χ1v) is 5.67. The molecule has 0 atom stereocenters. The van der Waals surface area contributed by atoms with Crippen LogP contribution in [0.2, 0.25) is 0 Å². The van der Waals surface area contributed by atoms with E-state index in [4.69, 9.17) is 0 Å². The largest absolute Gasteiger partial charge is 0.341 e. The summed E-state index contributed by atoms with van der Waals surface area (Å²) in [6.07, 6.45) is 0. The molecule has 0 fully saturated rings. The summed E-state index contributed by atoms with van der Waals surface area (Å²) >= 11 is 4.30. The van der Waals surface area contributed by atoms with Crippen LogP contribution in [0.1, 0.15) is 25.6 Å². The number of benzene rings is 1. The van der Waals surface area contributed by atoms with Crippen molar-refractivity contribution in [2.24, 2.45) is 0 Å². The zero-order chi connectivity index (χ0) is 11.0. The van der Waals surface area contributed by atoms with Gasteiger partial charge in [-0.15, -0.1) is 0 Å². The van der Waals surface area contributed by atoms with Crippen molar-refractivity contribution in [1.29, 1.82) is 0 Å². The molecule has 3 heteroatoms. The van der Waals surface area contributed by atoms with E-state index >= 15 is 0 Å². The topological polar surface area (TPSA) is 4.93 Å². The SMILES string of the molecule is CC(C)n1c(CS)cc2ccc(F)cc21. The van der Waals surface area contributed by atoms with E-state index in [9.17, 15) is 4.39 Å². The molecule has 0 saturated carbocycles. The van der Waals surface area contributed by atoms with Gasteiger partial charge in [0.25, 0.3) is 0 Å². The fourth-order valence-electron chi connectivity index (χ4n) is 1.98. The fraction of sp³-hybridized carbons (Fsp3) is 0.333. The van der Waals surface area contributed by atoms with Crippen LogP contribution in [0.5, 0.6) is 0 Å². The number of rotatable bonds is 2. The zero-order valence-corrected chi connectivity index (χ0v) is 9.76. The molecule has 0 amide bonds. The van der Waals surface area contributed by atoms with E-state index in [1.165, 1.54) is 6.07 Å². The van der Waals surface area contributed by atoms with Crippen molar-refractivity contribution < 1.29 is 4.39 Å². The molecule has 2 aromatic rings. The normalized spacial score (nSPS) is 11.5. The molecule has 0 aliphatic heterocycles. The molecule has 0 radical (unpaired) electrons. The van der Waals surface area contributed by atoms with Gasteiger partial charge in [0, 0.05) is 22.9 Å². The Morgan fingerprint density at radius 3 is 2.67 bits per heavy atom. The molecule has 0 aliphatic carbocycles. The Balaban J connectivity index is 2.76. The predicted octanol–water partition coefficient (Wildman–Crippen LogP) is 3.79. The minimum absolute atomic E-state index is 0.187. The third kappa shape index (κ3) is 1.76. The molecule has 2 rings (SSSR count). The minimum atomic E-state index is -0.187. The average Bonchev–Trinajstić information content (AvgIpc) is 2.55. The van der Waals surface area contributed by atoms with E-state index in [-0.39, 0.29) is 5.82 Å². The second-order valence-electron chi connectivity index (χ2n) is 3.96. The van der Waals surface area contributed by atoms with Gasteiger partial charge in [-0.2, -0.15) is 12.6 Å². The van der Waals surface area contributed by atoms with Crippen LogP contribution in [0.3, 0.4) is 0 Å². The maximum atomic E-state index is 13.2. The summed E-state index contributed by atoms with van der Waals surface area (Å²) in [6.45, 7) is 4.19. The van der Waals surface area contributed by atoms with Gasteiger partial charge >= 0.3 is 0 Å². The number of fused-ring (bicyclic) bond motifs is 1. The van der Waals surface area contributed by atoms with E-state index in [2.05, 4.69) is 37.1 Å². The van der Waals surface area contributed by atoms with Crippen molar-refractivity contribution in [3.63, 3.8) is 0 Å². The number of thiol groups is 1. The monoisotopic (exact) mass is 223 g/mol. The Kier molecular flexibility index (Phi) is 2.74. The van der Waals surface area contributed by atoms with Gasteiger partial charge in [0.15, 0.2) is 0 Å². The molecule has 0 N–H and O–H groups in total. The summed E-state index contributed by atoms with van der Waals surface area (Å²) in [6, 6.07) is 7.29. The Hall–Kier alpha value is -0.960. The van der Waals surface area contributed by atoms with Gasteiger partial charge in [0.2, 0.25) is 0 Å². The van der Waals surface area contributed by atoms with Crippen LogP contribution in [0.25, 0.3) is 10.9 Å². The van der Waals surface area contributed by atoms with Crippen molar-refractivity contribution in [2.75, 3.05) is 0 Å². The number of nitrogens with zero attached hydrogens (tertiary/aromatic N) is 1. The lowest BCUT2D eigenvalue weighted by atomic mass is 10.2. The molecular formula is C12H14FNS. The number of halogens is 1. The number of hydrogen-bond acceptors (Lipinski definition) is 1. The quantitative estimate of drug-likeness (QED) is 0.739. The Bertz CT molecular complexity index is 488. The van der Waals surface area contributed by atoms with Gasteiger partial charge in [-0.05, 0) is 38.1 Å². The molecular weight excluding hydrogens is 209 g/mol. The molecule has 0 saturated heterocycles. The smallest absolute Gasteiger partial charge is 0.125 e. The lowest BCUT2D eigenvalue weighted by Crippen LogP contribution is -2.03. The Labute approximate surface area is 94.3 Å². The summed E-state index contributed by atoms with van der Waals surface area (Å²) in [5, 5.41) is 1.08. The lowest BCUT2D eigenvalue weighted by Gasteiger charge is -2.13. The molecule has 0 aliphatic rings. The van der Waals surface area contributed by atoms with Crippen LogP contribution in [0, 0.1) is 5.82 Å². The van der Waals surface area contributed by atoms with Gasteiger partial charge in [0.05, 0.1) is 5.52 Å². The second kappa shape index (κ2) is 3.89. The molecule has 0 unspecified atom stereocenters. The average molecular weight is 223 g/mol. The molecule has 80 valence electrons. The predicted molar refractivity (Wildman–Crippen MR) is 65.0 cm³/mol. The fourth-order valence-corrected chi connectivity index (χ4v) is 2.23. The van der Waals surface area contributed by atoms with Crippen LogP contribution < -0.4 is 0 Å². The molecule has 1 aromatic heterocycles. The maximum Gasteiger partial charge on any atom is 0.125 e. The number of hydrogen-bond donors (Lipinski definition) is 1. The first-order valence-electron chi connectivity index (χ1n) is 5.03. The van der Waals surface area contributed by atoms with Gasteiger partial charge in [-0.1, -0.05) is 0 Å². The highest BCUT2D eigenvalue weighted by Crippen LogP contribution is 2.25. The van der Waals surface area contributed by atoms with Crippen molar-refractivity contribution in [1.82, 2.24) is 4.57 Å². The number of aromatic nitrogens is 1. The Morgan fingerprint density at radius 1 is 1.33 bits per heavy atom. The van der Waals surface area contributed by atoms with Crippen LogP contribution >= 0.6 is 12.6 Å². The molecule has 1 nitrogen and oxygen atoms in total. The summed E-state index contributed by atoms with van der Waals surface area (Å²) in [7, 11) is 0. The summed E-state index contributed by atoms with van der Waals surface area (Å²) in [5.41, 5.74) is 2.09. The van der Waals surface area contributed by atoms with Crippen molar-refractivity contribution in [2.45, 2.75) is 25.6 Å². The third-order valence-corrected chi connectivity index (χ3v) is 2.89. The standard InChI is InChI=1S/C12H14FNS/c1-8(2)14-11(7-15)5-9-3-4-10(13)6-12(9)14/h3-6,8,15H,7H2,1-2H3. The van der Waals surface area contributed by atoms with Gasteiger partial charge in [-0.3, -0.25) is 0 Å². The first-order chi connectivity index (χ1) is 7.13. The van der Waals surface area contributed by atoms with E-state index in [0.29, 0.717) is 11.8 Å². The molecule has 1 aromatic carbocycles. The van der Waals surface area contributed by atoms with E-state index in [0.717, 1.165) is 16.6 Å². The van der Waals surface area contributed by atoms with E-state index < -0.39 is 0 Å². The van der Waals surface area contributed by atoms with Gasteiger partial charge in [-0.25, -0.2) is 4.39 Å². The molecule has 0 bridgehead atoms. The molecule has 0 spiro atoms. The van der Waals surface area contributed by atoms with Crippen molar-refractivity contribution >= 4 is 23.5 Å². The third-order valence-electron chi connectivity index (χ3n) is 2.56. The van der Waals surface area contributed by atoms with E-state index in [1.807, 2.05) is 6.07 Å².